The van der Waals surface area contributed by atoms with E-state index in [9.17, 15) is 18.0 Å². The molecule has 0 saturated heterocycles. The number of amides is 1. The van der Waals surface area contributed by atoms with Crippen LogP contribution < -0.4 is 5.32 Å². The van der Waals surface area contributed by atoms with Crippen molar-refractivity contribution in [3.63, 3.8) is 0 Å². The summed E-state index contributed by atoms with van der Waals surface area (Å²) in [5.41, 5.74) is 1.52. The number of hydrogen-bond donors (Lipinski definition) is 1. The van der Waals surface area contributed by atoms with E-state index < -0.39 is 11.7 Å². The highest BCUT2D eigenvalue weighted by atomic mass is 19.4. The summed E-state index contributed by atoms with van der Waals surface area (Å²) >= 11 is 0. The summed E-state index contributed by atoms with van der Waals surface area (Å²) in [5.74, 6) is -0.264. The van der Waals surface area contributed by atoms with Crippen LogP contribution in [-0.4, -0.2) is 5.91 Å². The number of rotatable bonds is 3. The second kappa shape index (κ2) is 5.99. The molecule has 2 aromatic rings. The van der Waals surface area contributed by atoms with E-state index in [1.807, 2.05) is 31.2 Å². The highest BCUT2D eigenvalue weighted by Crippen LogP contribution is 2.29. The van der Waals surface area contributed by atoms with Crippen LogP contribution in [0.1, 0.15) is 16.7 Å². The first-order valence-electron chi connectivity index (χ1n) is 6.37. The van der Waals surface area contributed by atoms with E-state index >= 15 is 0 Å². The van der Waals surface area contributed by atoms with Gasteiger partial charge in [-0.1, -0.05) is 29.8 Å². The molecule has 1 N–H and O–H groups in total. The molecule has 2 aromatic carbocycles. The van der Waals surface area contributed by atoms with Crippen molar-refractivity contribution < 1.29 is 18.0 Å². The van der Waals surface area contributed by atoms with Crippen LogP contribution in [-0.2, 0) is 17.4 Å². The second-order valence-electron chi connectivity index (χ2n) is 4.79. The van der Waals surface area contributed by atoms with Gasteiger partial charge in [0.15, 0.2) is 0 Å². The average Bonchev–Trinajstić information content (AvgIpc) is 2.38. The van der Waals surface area contributed by atoms with Crippen LogP contribution in [0.2, 0.25) is 0 Å². The van der Waals surface area contributed by atoms with Crippen LogP contribution in [0.25, 0.3) is 0 Å². The van der Waals surface area contributed by atoms with Crippen molar-refractivity contribution in [2.75, 3.05) is 5.32 Å². The molecule has 0 spiro atoms. The first kappa shape index (κ1) is 15.1. The van der Waals surface area contributed by atoms with Crippen molar-refractivity contribution >= 4 is 11.6 Å². The normalized spacial score (nSPS) is 11.2. The Labute approximate surface area is 120 Å². The molecule has 0 radical (unpaired) electrons. The molecule has 5 heteroatoms. The van der Waals surface area contributed by atoms with Crippen molar-refractivity contribution in [1.29, 1.82) is 0 Å². The molecule has 0 aliphatic carbocycles. The lowest BCUT2D eigenvalue weighted by Gasteiger charge is -2.09. The summed E-state index contributed by atoms with van der Waals surface area (Å²) in [6, 6.07) is 11.9. The van der Waals surface area contributed by atoms with Gasteiger partial charge in [0.1, 0.15) is 0 Å². The van der Waals surface area contributed by atoms with Crippen molar-refractivity contribution in [3.8, 4) is 0 Å². The van der Waals surface area contributed by atoms with Gasteiger partial charge in [-0.15, -0.1) is 0 Å². The minimum absolute atomic E-state index is 0.183. The summed E-state index contributed by atoms with van der Waals surface area (Å²) in [6.45, 7) is 1.93. The van der Waals surface area contributed by atoms with E-state index in [0.717, 1.165) is 23.3 Å². The van der Waals surface area contributed by atoms with Gasteiger partial charge in [0.2, 0.25) is 5.91 Å². The highest BCUT2D eigenvalue weighted by Gasteiger charge is 2.29. The number of aryl methyl sites for hydroxylation is 1. The Balaban J connectivity index is 2.00. The number of halogens is 3. The summed E-state index contributed by atoms with van der Waals surface area (Å²) in [5, 5.41) is 2.58. The van der Waals surface area contributed by atoms with Crippen LogP contribution in [0.5, 0.6) is 0 Å². The third-order valence-electron chi connectivity index (χ3n) is 2.94. The van der Waals surface area contributed by atoms with Crippen molar-refractivity contribution in [2.24, 2.45) is 0 Å². The number of hydrogen-bond acceptors (Lipinski definition) is 1. The minimum Gasteiger partial charge on any atom is -0.326 e. The van der Waals surface area contributed by atoms with Gasteiger partial charge in [0, 0.05) is 5.69 Å². The van der Waals surface area contributed by atoms with Gasteiger partial charge in [-0.3, -0.25) is 4.79 Å². The molecule has 2 nitrogen and oxygen atoms in total. The van der Waals surface area contributed by atoms with Gasteiger partial charge in [-0.05, 0) is 36.8 Å². The molecule has 0 aliphatic heterocycles. The number of benzene rings is 2. The zero-order valence-corrected chi connectivity index (χ0v) is 11.4. The Kier molecular flexibility index (Phi) is 4.31. The van der Waals surface area contributed by atoms with Crippen LogP contribution in [0.15, 0.2) is 48.5 Å². The maximum atomic E-state index is 12.4. The molecule has 1 amide bonds. The maximum absolute atomic E-state index is 12.4. The predicted molar refractivity (Wildman–Crippen MR) is 75.0 cm³/mol. The molecule has 21 heavy (non-hydrogen) atoms. The van der Waals surface area contributed by atoms with Gasteiger partial charge < -0.3 is 5.32 Å². The molecule has 110 valence electrons. The number of alkyl halides is 3. The van der Waals surface area contributed by atoms with Crippen molar-refractivity contribution in [1.82, 2.24) is 0 Å². The van der Waals surface area contributed by atoms with Crippen molar-refractivity contribution in [3.05, 3.63) is 65.2 Å². The van der Waals surface area contributed by atoms with Crippen LogP contribution in [0.4, 0.5) is 18.9 Å². The van der Waals surface area contributed by atoms with Gasteiger partial charge in [0.05, 0.1) is 12.0 Å². The third-order valence-corrected chi connectivity index (χ3v) is 2.94. The summed E-state index contributed by atoms with van der Waals surface area (Å²) < 4.78 is 37.3. The van der Waals surface area contributed by atoms with E-state index in [-0.39, 0.29) is 12.3 Å². The number of carbonyl (C=O) groups is 1. The van der Waals surface area contributed by atoms with E-state index in [2.05, 4.69) is 5.32 Å². The molecule has 0 atom stereocenters. The number of nitrogens with one attached hydrogen (secondary N) is 1. The monoisotopic (exact) mass is 293 g/mol. The SMILES string of the molecule is Cc1cccc(CC(=O)Nc2ccc(C(F)(F)F)cc2)c1. The third kappa shape index (κ3) is 4.34. The number of anilines is 1. The quantitative estimate of drug-likeness (QED) is 0.903. The topological polar surface area (TPSA) is 29.1 Å². The van der Waals surface area contributed by atoms with Gasteiger partial charge in [0.25, 0.3) is 0 Å². The molecule has 0 aliphatic rings. The predicted octanol–water partition coefficient (Wildman–Crippen LogP) is 4.20. The smallest absolute Gasteiger partial charge is 0.326 e. The molecular weight excluding hydrogens is 279 g/mol. The largest absolute Gasteiger partial charge is 0.416 e. The molecule has 2 rings (SSSR count). The lowest BCUT2D eigenvalue weighted by Crippen LogP contribution is -2.14. The molecular formula is C16H14F3NO. The zero-order chi connectivity index (χ0) is 15.5. The number of carbonyl (C=O) groups excluding carboxylic acids is 1. The van der Waals surface area contributed by atoms with Crippen LogP contribution in [0.3, 0.4) is 0 Å². The molecule has 0 unspecified atom stereocenters. The fraction of sp³-hybridized carbons (Fsp3) is 0.188. The fourth-order valence-corrected chi connectivity index (χ4v) is 1.96. The summed E-state index contributed by atoms with van der Waals surface area (Å²) in [7, 11) is 0. The Bertz CT molecular complexity index is 633. The zero-order valence-electron chi connectivity index (χ0n) is 11.4. The van der Waals surface area contributed by atoms with Crippen LogP contribution >= 0.6 is 0 Å². The molecule has 0 fully saturated rings. The second-order valence-corrected chi connectivity index (χ2v) is 4.79. The maximum Gasteiger partial charge on any atom is 0.416 e. The summed E-state index contributed by atoms with van der Waals surface area (Å²) in [4.78, 5) is 11.8. The van der Waals surface area contributed by atoms with Crippen LogP contribution in [0, 0.1) is 6.92 Å². The Morgan fingerprint density at radius 3 is 2.33 bits per heavy atom. The van der Waals surface area contributed by atoms with E-state index in [4.69, 9.17) is 0 Å². The minimum atomic E-state index is -4.37. The van der Waals surface area contributed by atoms with E-state index in [1.54, 1.807) is 0 Å². The lowest BCUT2D eigenvalue weighted by atomic mass is 10.1. The fourth-order valence-electron chi connectivity index (χ4n) is 1.96. The highest BCUT2D eigenvalue weighted by molar-refractivity contribution is 5.92. The Morgan fingerprint density at radius 1 is 1.10 bits per heavy atom. The molecule has 0 saturated carbocycles. The summed E-state index contributed by atoms with van der Waals surface area (Å²) in [6.07, 6.45) is -4.19. The van der Waals surface area contributed by atoms with E-state index in [1.165, 1.54) is 12.1 Å². The first-order chi connectivity index (χ1) is 9.84. The first-order valence-corrected chi connectivity index (χ1v) is 6.37. The standard InChI is InChI=1S/C16H14F3NO/c1-11-3-2-4-12(9-11)10-15(21)20-14-7-5-13(6-8-14)16(17,18)19/h2-9H,10H2,1H3,(H,20,21). The van der Waals surface area contributed by atoms with E-state index in [0.29, 0.717) is 5.69 Å². The lowest BCUT2D eigenvalue weighted by molar-refractivity contribution is -0.137. The van der Waals surface area contributed by atoms with Crippen molar-refractivity contribution in [2.45, 2.75) is 19.5 Å². The Hall–Kier alpha value is -2.30. The van der Waals surface area contributed by atoms with Gasteiger partial charge in [-0.2, -0.15) is 13.2 Å². The van der Waals surface area contributed by atoms with Gasteiger partial charge >= 0.3 is 6.18 Å². The molecule has 0 bridgehead atoms. The molecule has 0 heterocycles. The Morgan fingerprint density at radius 2 is 1.76 bits per heavy atom. The van der Waals surface area contributed by atoms with Gasteiger partial charge in [-0.25, -0.2) is 0 Å². The average molecular weight is 293 g/mol. The molecule has 0 aromatic heterocycles.